The third-order valence-electron chi connectivity index (χ3n) is 3.95. The van der Waals surface area contributed by atoms with Crippen LogP contribution in [0.25, 0.3) is 0 Å². The van der Waals surface area contributed by atoms with Crippen molar-refractivity contribution >= 4 is 17.7 Å². The van der Waals surface area contributed by atoms with Gasteiger partial charge in [0.05, 0.1) is 5.60 Å². The van der Waals surface area contributed by atoms with Crippen LogP contribution in [-0.2, 0) is 14.3 Å². The van der Waals surface area contributed by atoms with E-state index in [1.807, 2.05) is 11.8 Å². The fourth-order valence-electron chi connectivity index (χ4n) is 2.70. The normalized spacial score (nSPS) is 28.2. The standard InChI is InChI=1S/C13H23NO4S/c14-11(12(15)16)2-8-19-10-1-5-18-13(9-10)3-6-17-7-4-13/h10-11H,1-9,14H2,(H,15,16). The molecule has 0 aromatic rings. The van der Waals surface area contributed by atoms with Gasteiger partial charge in [0.15, 0.2) is 0 Å². The monoisotopic (exact) mass is 289 g/mol. The van der Waals surface area contributed by atoms with Gasteiger partial charge in [-0.05, 0) is 37.9 Å². The van der Waals surface area contributed by atoms with Gasteiger partial charge in [-0.1, -0.05) is 0 Å². The number of hydrogen-bond acceptors (Lipinski definition) is 5. The number of carboxylic acids is 1. The number of aliphatic carboxylic acids is 1. The van der Waals surface area contributed by atoms with Gasteiger partial charge in [0.25, 0.3) is 0 Å². The van der Waals surface area contributed by atoms with Crippen LogP contribution < -0.4 is 5.73 Å². The Balaban J connectivity index is 1.73. The van der Waals surface area contributed by atoms with E-state index in [1.165, 1.54) is 0 Å². The van der Waals surface area contributed by atoms with E-state index in [0.29, 0.717) is 11.7 Å². The van der Waals surface area contributed by atoms with Gasteiger partial charge in [-0.25, -0.2) is 0 Å². The Morgan fingerprint density at radius 3 is 2.84 bits per heavy atom. The molecule has 0 amide bonds. The molecule has 0 aliphatic carbocycles. The van der Waals surface area contributed by atoms with Crippen LogP contribution in [0.15, 0.2) is 0 Å². The number of nitrogens with two attached hydrogens (primary N) is 1. The van der Waals surface area contributed by atoms with E-state index in [4.69, 9.17) is 20.3 Å². The summed E-state index contributed by atoms with van der Waals surface area (Å²) in [7, 11) is 0. The summed E-state index contributed by atoms with van der Waals surface area (Å²) in [6, 6.07) is -0.732. The number of hydrogen-bond donors (Lipinski definition) is 2. The highest BCUT2D eigenvalue weighted by molar-refractivity contribution is 7.99. The van der Waals surface area contributed by atoms with E-state index in [1.54, 1.807) is 0 Å². The molecule has 3 N–H and O–H groups in total. The second kappa shape index (κ2) is 6.92. The first-order chi connectivity index (χ1) is 9.11. The lowest BCUT2D eigenvalue weighted by atomic mass is 9.86. The Hall–Kier alpha value is -0.300. The van der Waals surface area contributed by atoms with Crippen molar-refractivity contribution in [3.05, 3.63) is 0 Å². The largest absolute Gasteiger partial charge is 0.480 e. The van der Waals surface area contributed by atoms with E-state index in [9.17, 15) is 4.79 Å². The first kappa shape index (κ1) is 15.1. The van der Waals surface area contributed by atoms with Gasteiger partial charge < -0.3 is 20.3 Å². The maximum Gasteiger partial charge on any atom is 0.320 e. The van der Waals surface area contributed by atoms with Crippen molar-refractivity contribution in [3.8, 4) is 0 Å². The van der Waals surface area contributed by atoms with Crippen molar-refractivity contribution in [1.82, 2.24) is 0 Å². The maximum atomic E-state index is 10.7. The lowest BCUT2D eigenvalue weighted by Gasteiger charge is -2.43. The second-order valence-electron chi connectivity index (χ2n) is 5.36. The first-order valence-electron chi connectivity index (χ1n) is 6.93. The first-order valence-corrected chi connectivity index (χ1v) is 7.98. The smallest absolute Gasteiger partial charge is 0.320 e. The summed E-state index contributed by atoms with van der Waals surface area (Å²) in [6.45, 7) is 2.39. The lowest BCUT2D eigenvalue weighted by Crippen LogP contribution is -2.45. The van der Waals surface area contributed by atoms with Crippen LogP contribution in [0.4, 0.5) is 0 Å². The molecular formula is C13H23NO4S. The van der Waals surface area contributed by atoms with E-state index >= 15 is 0 Å². The number of carbonyl (C=O) groups is 1. The van der Waals surface area contributed by atoms with Crippen molar-refractivity contribution in [2.45, 2.75) is 49.0 Å². The Bertz CT molecular complexity index is 302. The number of ether oxygens (including phenoxy) is 2. The van der Waals surface area contributed by atoms with Gasteiger partial charge in [-0.15, -0.1) is 0 Å². The number of thioether (sulfide) groups is 1. The van der Waals surface area contributed by atoms with Crippen molar-refractivity contribution in [3.63, 3.8) is 0 Å². The van der Waals surface area contributed by atoms with Gasteiger partial charge in [0.2, 0.25) is 0 Å². The van der Waals surface area contributed by atoms with Crippen molar-refractivity contribution < 1.29 is 19.4 Å². The summed E-state index contributed by atoms with van der Waals surface area (Å²) < 4.78 is 11.4. The highest BCUT2D eigenvalue weighted by Gasteiger charge is 2.39. The van der Waals surface area contributed by atoms with Gasteiger partial charge in [-0.2, -0.15) is 11.8 Å². The molecule has 1 spiro atoms. The van der Waals surface area contributed by atoms with Crippen molar-refractivity contribution in [1.29, 1.82) is 0 Å². The zero-order chi connectivity index (χ0) is 13.7. The predicted octanol–water partition coefficient (Wildman–Crippen LogP) is 1.25. The molecular weight excluding hydrogens is 266 g/mol. The quantitative estimate of drug-likeness (QED) is 0.792. The van der Waals surface area contributed by atoms with Crippen LogP contribution in [-0.4, -0.2) is 53.5 Å². The van der Waals surface area contributed by atoms with Crippen LogP contribution in [0.3, 0.4) is 0 Å². The van der Waals surface area contributed by atoms with E-state index in [0.717, 1.165) is 51.3 Å². The fraction of sp³-hybridized carbons (Fsp3) is 0.923. The van der Waals surface area contributed by atoms with Gasteiger partial charge in [-0.3, -0.25) is 4.79 Å². The summed E-state index contributed by atoms with van der Waals surface area (Å²) in [6.07, 6.45) is 4.61. The van der Waals surface area contributed by atoms with E-state index in [-0.39, 0.29) is 5.60 Å². The zero-order valence-corrected chi connectivity index (χ0v) is 12.0. The minimum Gasteiger partial charge on any atom is -0.480 e. The molecule has 19 heavy (non-hydrogen) atoms. The molecule has 2 unspecified atom stereocenters. The Morgan fingerprint density at radius 1 is 1.42 bits per heavy atom. The van der Waals surface area contributed by atoms with Gasteiger partial charge in [0.1, 0.15) is 6.04 Å². The summed E-state index contributed by atoms with van der Waals surface area (Å²) in [4.78, 5) is 10.7. The summed E-state index contributed by atoms with van der Waals surface area (Å²) >= 11 is 1.85. The minimum absolute atomic E-state index is 0.0169. The lowest BCUT2D eigenvalue weighted by molar-refractivity contribution is -0.138. The Morgan fingerprint density at radius 2 is 2.16 bits per heavy atom. The van der Waals surface area contributed by atoms with Gasteiger partial charge in [0, 0.05) is 25.1 Å². The molecule has 2 rings (SSSR count). The highest BCUT2D eigenvalue weighted by atomic mass is 32.2. The average Bonchev–Trinajstić information content (AvgIpc) is 2.39. The van der Waals surface area contributed by atoms with Gasteiger partial charge >= 0.3 is 5.97 Å². The molecule has 2 aliphatic rings. The highest BCUT2D eigenvalue weighted by Crippen LogP contribution is 2.38. The van der Waals surface area contributed by atoms with Crippen LogP contribution in [0.1, 0.15) is 32.1 Å². The Kier molecular flexibility index (Phi) is 5.50. The summed E-state index contributed by atoms with van der Waals surface area (Å²) in [5.74, 6) is -0.0986. The van der Waals surface area contributed by atoms with Crippen LogP contribution in [0, 0.1) is 0 Å². The SMILES string of the molecule is NC(CCSC1CCOC2(CCOCC2)C1)C(=O)O. The molecule has 0 aromatic heterocycles. The molecule has 0 bridgehead atoms. The number of carboxylic acid groups (broad SMARTS) is 1. The molecule has 5 nitrogen and oxygen atoms in total. The van der Waals surface area contributed by atoms with Crippen LogP contribution in [0.5, 0.6) is 0 Å². The van der Waals surface area contributed by atoms with E-state index in [2.05, 4.69) is 0 Å². The molecule has 0 radical (unpaired) electrons. The molecule has 0 saturated carbocycles. The molecule has 2 atom stereocenters. The summed E-state index contributed by atoms with van der Waals surface area (Å²) in [5, 5.41) is 9.31. The number of rotatable bonds is 5. The average molecular weight is 289 g/mol. The fourth-order valence-corrected chi connectivity index (χ4v) is 4.11. The minimum atomic E-state index is -0.909. The Labute approximate surface area is 118 Å². The molecule has 110 valence electrons. The third-order valence-corrected chi connectivity index (χ3v) is 5.30. The van der Waals surface area contributed by atoms with Crippen LogP contribution >= 0.6 is 11.8 Å². The molecule has 2 saturated heterocycles. The molecule has 0 aromatic carbocycles. The van der Waals surface area contributed by atoms with Crippen molar-refractivity contribution in [2.75, 3.05) is 25.6 Å². The van der Waals surface area contributed by atoms with Crippen LogP contribution in [0.2, 0.25) is 0 Å². The summed E-state index contributed by atoms with van der Waals surface area (Å²) in [5.41, 5.74) is 5.53. The molecule has 2 aliphatic heterocycles. The zero-order valence-electron chi connectivity index (χ0n) is 11.2. The third kappa shape index (κ3) is 4.34. The molecule has 2 fully saturated rings. The van der Waals surface area contributed by atoms with Crippen molar-refractivity contribution in [2.24, 2.45) is 5.73 Å². The van der Waals surface area contributed by atoms with E-state index < -0.39 is 12.0 Å². The molecule has 2 heterocycles. The maximum absolute atomic E-state index is 10.7. The topological polar surface area (TPSA) is 81.8 Å². The molecule has 6 heteroatoms. The second-order valence-corrected chi connectivity index (χ2v) is 6.77. The predicted molar refractivity (Wildman–Crippen MR) is 74.4 cm³/mol.